The van der Waals surface area contributed by atoms with Crippen molar-refractivity contribution in [3.05, 3.63) is 96.1 Å². The van der Waals surface area contributed by atoms with Gasteiger partial charge >= 0.3 is 6.18 Å². The Hall–Kier alpha value is -5.24. The number of amides is 5. The van der Waals surface area contributed by atoms with Gasteiger partial charge in [0.1, 0.15) is 6.04 Å². The van der Waals surface area contributed by atoms with Crippen molar-refractivity contribution in [3.8, 4) is 11.1 Å². The van der Waals surface area contributed by atoms with Gasteiger partial charge in [0.2, 0.25) is 23.6 Å². The Morgan fingerprint density at radius 1 is 0.755 bits per heavy atom. The van der Waals surface area contributed by atoms with Gasteiger partial charge in [0.25, 0.3) is 5.91 Å². The molecule has 3 aromatic carbocycles. The topological polar surface area (TPSA) is 180 Å². The van der Waals surface area contributed by atoms with E-state index in [0.29, 0.717) is 11.1 Å². The number of carbonyl (C=O) groups excluding carboxylic acids is 5. The average Bonchev–Trinajstić information content (AvgIpc) is 3.08. The van der Waals surface area contributed by atoms with Gasteiger partial charge in [0.05, 0.1) is 19.1 Å². The first-order valence-corrected chi connectivity index (χ1v) is 15.6. The van der Waals surface area contributed by atoms with Crippen molar-refractivity contribution in [1.29, 1.82) is 0 Å². The van der Waals surface area contributed by atoms with Crippen molar-refractivity contribution in [3.63, 3.8) is 0 Å². The summed E-state index contributed by atoms with van der Waals surface area (Å²) >= 11 is 0. The molecule has 0 heterocycles. The second-order valence-corrected chi connectivity index (χ2v) is 11.0. The Balaban J connectivity index is 0.00000267. The van der Waals surface area contributed by atoms with Crippen LogP contribution in [0.25, 0.3) is 11.1 Å². The Labute approximate surface area is 282 Å². The van der Waals surface area contributed by atoms with Crippen LogP contribution in [0.3, 0.4) is 0 Å². The first-order valence-electron chi connectivity index (χ1n) is 15.6. The quantitative estimate of drug-likeness (QED) is 0.143. The van der Waals surface area contributed by atoms with Gasteiger partial charge in [0.15, 0.2) is 6.10 Å². The highest BCUT2D eigenvalue weighted by molar-refractivity contribution is 5.97. The monoisotopic (exact) mass is 685 g/mol. The van der Waals surface area contributed by atoms with Gasteiger partial charge in [-0.25, -0.2) is 0 Å². The molecule has 0 fully saturated rings. The van der Waals surface area contributed by atoms with E-state index in [1.165, 1.54) is 6.42 Å². The molecule has 0 bridgehead atoms. The molecule has 0 saturated carbocycles. The van der Waals surface area contributed by atoms with Crippen LogP contribution in [0.5, 0.6) is 0 Å². The molecule has 0 aromatic heterocycles. The average molecular weight is 686 g/mol. The summed E-state index contributed by atoms with van der Waals surface area (Å²) in [5.74, 6) is -4.09. The smallest absolute Gasteiger partial charge is 0.382 e. The van der Waals surface area contributed by atoms with Gasteiger partial charge in [-0.05, 0) is 35.2 Å². The summed E-state index contributed by atoms with van der Waals surface area (Å²) in [5, 5.41) is 18.8. The number of nitrogens with one attached hydrogen (secondary N) is 4. The van der Waals surface area contributed by atoms with Crippen LogP contribution >= 0.6 is 0 Å². The summed E-state index contributed by atoms with van der Waals surface area (Å²) in [5.41, 5.74) is 7.80. The summed E-state index contributed by atoms with van der Waals surface area (Å²) in [7, 11) is 0. The molecule has 14 heteroatoms. The Morgan fingerprint density at radius 3 is 1.82 bits per heavy atom. The minimum absolute atomic E-state index is 0.0110. The Bertz CT molecular complexity index is 1510. The highest BCUT2D eigenvalue weighted by atomic mass is 19.4. The Kier molecular flexibility index (Phi) is 16.5. The lowest BCUT2D eigenvalue weighted by Gasteiger charge is -2.26. The fraction of sp³-hybridized carbons (Fsp3) is 0.343. The van der Waals surface area contributed by atoms with E-state index in [4.69, 9.17) is 5.73 Å². The number of nitrogens with two attached hydrogens (primary N) is 1. The van der Waals surface area contributed by atoms with Crippen molar-refractivity contribution in [1.82, 2.24) is 21.3 Å². The molecule has 0 saturated heterocycles. The molecule has 3 aromatic rings. The van der Waals surface area contributed by atoms with Crippen molar-refractivity contribution in [2.75, 3.05) is 13.1 Å². The molecule has 0 aliphatic rings. The molecular weight excluding hydrogens is 643 g/mol. The minimum atomic E-state index is -5.09. The van der Waals surface area contributed by atoms with Gasteiger partial charge < -0.3 is 32.1 Å². The normalized spacial score (nSPS) is 12.6. The van der Waals surface area contributed by atoms with Crippen molar-refractivity contribution >= 4 is 29.5 Å². The van der Waals surface area contributed by atoms with E-state index in [9.17, 15) is 42.3 Å². The highest BCUT2D eigenvalue weighted by Gasteiger charge is 2.44. The lowest BCUT2D eigenvalue weighted by Crippen LogP contribution is -2.54. The zero-order valence-corrected chi connectivity index (χ0v) is 27.3. The van der Waals surface area contributed by atoms with E-state index in [0.717, 1.165) is 11.1 Å². The molecule has 0 spiro atoms. The number of halogens is 3. The number of alkyl halides is 3. The lowest BCUT2D eigenvalue weighted by molar-refractivity contribution is -0.212. The molecule has 264 valence electrons. The maximum atomic E-state index is 13.1. The molecule has 0 aliphatic carbocycles. The summed E-state index contributed by atoms with van der Waals surface area (Å²) in [6, 6.07) is 21.7. The number of hydrogen-bond donors (Lipinski definition) is 6. The van der Waals surface area contributed by atoms with Crippen molar-refractivity contribution < 1.29 is 42.3 Å². The Morgan fingerprint density at radius 2 is 1.27 bits per heavy atom. The number of carbonyl (C=O) groups is 5. The van der Waals surface area contributed by atoms with E-state index in [1.807, 2.05) is 35.6 Å². The summed E-state index contributed by atoms with van der Waals surface area (Å²) in [4.78, 5) is 61.8. The molecule has 3 unspecified atom stereocenters. The number of aliphatic hydroxyl groups excluding tert-OH is 1. The fourth-order valence-corrected chi connectivity index (χ4v) is 4.39. The standard InChI is InChI=1S/C32H34F3N5O6.C3H8/c33-32(34,35)29(44)24(15-16-26(36)41)39-27(42)19-38-31(46)25(17-20-7-3-1-4-8-20)40-28(43)18-37-30(45)23-13-11-22(12-14-23)21-9-5-2-6-10-21;1-3-2/h1-14,24-25,29,44H,15-19H2,(H2,36,41)(H,37,45)(H,38,46)(H,39,42)(H,40,43);3H2,1-2H3. The second-order valence-electron chi connectivity index (χ2n) is 11.0. The van der Waals surface area contributed by atoms with Crippen LogP contribution in [0.2, 0.25) is 0 Å². The SMILES string of the molecule is CCC.NC(=O)CCC(NC(=O)CNC(=O)C(Cc1ccccc1)NC(=O)CNC(=O)c1ccc(-c2ccccc2)cc1)C(O)C(F)(F)F. The molecule has 3 rings (SSSR count). The summed E-state index contributed by atoms with van der Waals surface area (Å²) in [6.45, 7) is 2.97. The third-order valence-corrected chi connectivity index (χ3v) is 6.79. The predicted molar refractivity (Wildman–Crippen MR) is 178 cm³/mol. The van der Waals surface area contributed by atoms with Gasteiger partial charge in [0, 0.05) is 18.4 Å². The number of hydrogen-bond acceptors (Lipinski definition) is 6. The third-order valence-electron chi connectivity index (χ3n) is 6.79. The number of rotatable bonds is 15. The van der Waals surface area contributed by atoms with E-state index in [1.54, 1.807) is 54.6 Å². The van der Waals surface area contributed by atoms with E-state index in [-0.39, 0.29) is 6.42 Å². The fourth-order valence-electron chi connectivity index (χ4n) is 4.39. The van der Waals surface area contributed by atoms with E-state index < -0.39 is 79.8 Å². The minimum Gasteiger partial charge on any atom is -0.382 e. The number of aliphatic hydroxyl groups is 1. The maximum Gasteiger partial charge on any atom is 0.416 e. The van der Waals surface area contributed by atoms with Crippen LogP contribution in [0.15, 0.2) is 84.9 Å². The summed E-state index contributed by atoms with van der Waals surface area (Å²) in [6.07, 6.45) is -7.96. The second kappa shape index (κ2) is 20.2. The van der Waals surface area contributed by atoms with Crippen LogP contribution in [0.4, 0.5) is 13.2 Å². The first-order chi connectivity index (χ1) is 23.2. The highest BCUT2D eigenvalue weighted by Crippen LogP contribution is 2.24. The number of primary amides is 1. The molecule has 5 amide bonds. The van der Waals surface area contributed by atoms with Crippen LogP contribution in [-0.4, -0.2) is 72.1 Å². The van der Waals surface area contributed by atoms with Gasteiger partial charge in [-0.2, -0.15) is 13.2 Å². The predicted octanol–water partition coefficient (Wildman–Crippen LogP) is 3.02. The lowest BCUT2D eigenvalue weighted by atomic mass is 10.0. The van der Waals surface area contributed by atoms with E-state index >= 15 is 0 Å². The van der Waals surface area contributed by atoms with Crippen LogP contribution in [0.1, 0.15) is 49.0 Å². The maximum absolute atomic E-state index is 13.1. The third kappa shape index (κ3) is 14.6. The zero-order chi connectivity index (χ0) is 36.4. The van der Waals surface area contributed by atoms with Crippen molar-refractivity contribution in [2.24, 2.45) is 5.73 Å². The van der Waals surface area contributed by atoms with Gasteiger partial charge in [-0.1, -0.05) is 93.1 Å². The molecule has 0 aliphatic heterocycles. The van der Waals surface area contributed by atoms with Gasteiger partial charge in [-0.15, -0.1) is 0 Å². The van der Waals surface area contributed by atoms with Crippen LogP contribution in [-0.2, 0) is 25.6 Å². The largest absolute Gasteiger partial charge is 0.416 e. The van der Waals surface area contributed by atoms with E-state index in [2.05, 4.69) is 29.8 Å². The molecule has 0 radical (unpaired) electrons. The molecule has 3 atom stereocenters. The summed E-state index contributed by atoms with van der Waals surface area (Å²) < 4.78 is 39.2. The van der Waals surface area contributed by atoms with Gasteiger partial charge in [-0.3, -0.25) is 24.0 Å². The molecular formula is C35H42F3N5O6. The zero-order valence-electron chi connectivity index (χ0n) is 27.3. The molecule has 7 N–H and O–H groups in total. The van der Waals surface area contributed by atoms with Crippen molar-refractivity contribution in [2.45, 2.75) is 63.9 Å². The first kappa shape index (κ1) is 39.9. The number of benzene rings is 3. The molecule has 49 heavy (non-hydrogen) atoms. The molecule has 11 nitrogen and oxygen atoms in total. The van der Waals surface area contributed by atoms with Crippen LogP contribution in [0, 0.1) is 0 Å². The van der Waals surface area contributed by atoms with Crippen LogP contribution < -0.4 is 27.0 Å².